The largest absolute Gasteiger partial charge is 0.463 e. The zero-order chi connectivity index (χ0) is 28.9. The molecule has 40 heavy (non-hydrogen) atoms. The molecule has 1 atom stereocenters. The van der Waals surface area contributed by atoms with E-state index in [1.807, 2.05) is 13.0 Å². The van der Waals surface area contributed by atoms with Crippen molar-refractivity contribution < 1.29 is 32.3 Å². The van der Waals surface area contributed by atoms with Crippen LogP contribution in [0.3, 0.4) is 0 Å². The fraction of sp³-hybridized carbons (Fsp3) is 0.233. The molecule has 0 saturated heterocycles. The van der Waals surface area contributed by atoms with Gasteiger partial charge in [0.25, 0.3) is 5.91 Å². The Labute approximate surface area is 229 Å². The summed E-state index contributed by atoms with van der Waals surface area (Å²) in [5, 5.41) is 5.49. The van der Waals surface area contributed by atoms with Crippen LogP contribution < -0.4 is 10.6 Å². The fourth-order valence-corrected chi connectivity index (χ4v) is 4.51. The molecule has 208 valence electrons. The van der Waals surface area contributed by atoms with E-state index in [1.165, 1.54) is 11.0 Å². The molecule has 1 unspecified atom stereocenters. The smallest absolute Gasteiger partial charge is 0.416 e. The van der Waals surface area contributed by atoms with Crippen molar-refractivity contribution in [2.24, 2.45) is 0 Å². The molecule has 3 aromatic carbocycles. The Bertz CT molecular complexity index is 1440. The molecule has 3 amide bonds. The summed E-state index contributed by atoms with van der Waals surface area (Å²) in [4.78, 5) is 41.0. The lowest BCUT2D eigenvalue weighted by Gasteiger charge is -2.37. The number of hydrogen-bond donors (Lipinski definition) is 2. The standard InChI is InChI=1S/C30H28F3N3O4/c1-3-16-36-26(19-10-6-5-7-11-19)24(28(38)40-4-2)25(35-29(36)39)20-12-9-15-23(18-20)34-27(37)21-13-8-14-22(17-21)30(31,32)33/h5-15,17-18,25H,3-4,16H2,1-2H3,(H,34,37)(H,35,39). The van der Waals surface area contributed by atoms with Crippen molar-refractivity contribution >= 4 is 29.3 Å². The van der Waals surface area contributed by atoms with Gasteiger partial charge in [-0.15, -0.1) is 0 Å². The number of nitrogens with zero attached hydrogens (tertiary/aromatic N) is 1. The van der Waals surface area contributed by atoms with Crippen LogP contribution in [-0.2, 0) is 15.7 Å². The van der Waals surface area contributed by atoms with Crippen molar-refractivity contribution in [3.8, 4) is 0 Å². The Balaban J connectivity index is 1.75. The van der Waals surface area contributed by atoms with Crippen LogP contribution in [0.25, 0.3) is 5.70 Å². The van der Waals surface area contributed by atoms with Crippen molar-refractivity contribution in [2.45, 2.75) is 32.5 Å². The molecule has 1 aliphatic rings. The first kappa shape index (κ1) is 28.4. The monoisotopic (exact) mass is 551 g/mol. The van der Waals surface area contributed by atoms with Gasteiger partial charge in [0.2, 0.25) is 0 Å². The quantitative estimate of drug-likeness (QED) is 0.317. The number of nitrogens with one attached hydrogen (secondary N) is 2. The summed E-state index contributed by atoms with van der Waals surface area (Å²) in [7, 11) is 0. The number of rotatable bonds is 8. The highest BCUT2D eigenvalue weighted by Gasteiger charge is 2.38. The van der Waals surface area contributed by atoms with Gasteiger partial charge in [-0.2, -0.15) is 13.2 Å². The number of hydrogen-bond acceptors (Lipinski definition) is 4. The maximum absolute atomic E-state index is 13.4. The van der Waals surface area contributed by atoms with Crippen molar-refractivity contribution in [1.82, 2.24) is 10.2 Å². The topological polar surface area (TPSA) is 87.7 Å². The number of carbonyl (C=O) groups excluding carboxylic acids is 3. The lowest BCUT2D eigenvalue weighted by atomic mass is 9.91. The SMILES string of the molecule is CCCN1C(=O)NC(c2cccc(NC(=O)c3cccc(C(F)(F)F)c3)c2)C(C(=O)OCC)=C1c1ccccc1. The number of esters is 1. The summed E-state index contributed by atoms with van der Waals surface area (Å²) in [5.41, 5.74) is 0.953. The number of urea groups is 1. The number of alkyl halides is 3. The Hall–Kier alpha value is -4.60. The number of halogens is 3. The lowest BCUT2D eigenvalue weighted by molar-refractivity contribution is -0.139. The summed E-state index contributed by atoms with van der Waals surface area (Å²) in [6.07, 6.45) is -3.95. The van der Waals surface area contributed by atoms with Crippen LogP contribution in [0.15, 0.2) is 84.4 Å². The Morgan fingerprint density at radius 2 is 1.70 bits per heavy atom. The van der Waals surface area contributed by atoms with Crippen molar-refractivity contribution in [2.75, 3.05) is 18.5 Å². The van der Waals surface area contributed by atoms with Gasteiger partial charge in [0.15, 0.2) is 0 Å². The molecule has 10 heteroatoms. The van der Waals surface area contributed by atoms with Gasteiger partial charge in [-0.25, -0.2) is 9.59 Å². The Morgan fingerprint density at radius 3 is 2.38 bits per heavy atom. The number of anilines is 1. The summed E-state index contributed by atoms with van der Waals surface area (Å²) in [6.45, 7) is 4.08. The van der Waals surface area contributed by atoms with E-state index in [2.05, 4.69) is 10.6 Å². The number of carbonyl (C=O) groups is 3. The molecular weight excluding hydrogens is 523 g/mol. The van der Waals surface area contributed by atoms with Gasteiger partial charge in [-0.3, -0.25) is 9.69 Å². The summed E-state index contributed by atoms with van der Waals surface area (Å²) < 4.78 is 44.8. The minimum absolute atomic E-state index is 0.117. The van der Waals surface area contributed by atoms with Gasteiger partial charge >= 0.3 is 18.2 Å². The second-order valence-corrected chi connectivity index (χ2v) is 9.04. The molecule has 0 spiro atoms. The maximum Gasteiger partial charge on any atom is 0.416 e. The second-order valence-electron chi connectivity index (χ2n) is 9.04. The van der Waals surface area contributed by atoms with Crippen LogP contribution in [0.5, 0.6) is 0 Å². The average molecular weight is 552 g/mol. The number of amides is 3. The highest BCUT2D eigenvalue weighted by molar-refractivity contribution is 6.06. The third kappa shape index (κ3) is 6.17. The van der Waals surface area contributed by atoms with Gasteiger partial charge in [0.1, 0.15) is 0 Å². The van der Waals surface area contributed by atoms with Gasteiger partial charge in [0, 0.05) is 17.8 Å². The van der Waals surface area contributed by atoms with Crippen LogP contribution >= 0.6 is 0 Å². The first-order valence-corrected chi connectivity index (χ1v) is 12.8. The second kappa shape index (κ2) is 12.1. The molecule has 3 aromatic rings. The van der Waals surface area contributed by atoms with E-state index in [9.17, 15) is 27.6 Å². The summed E-state index contributed by atoms with van der Waals surface area (Å²) in [6, 6.07) is 18.3. The predicted molar refractivity (Wildman–Crippen MR) is 144 cm³/mol. The molecule has 0 aliphatic carbocycles. The molecule has 0 aromatic heterocycles. The molecule has 7 nitrogen and oxygen atoms in total. The van der Waals surface area contributed by atoms with Gasteiger partial charge in [-0.1, -0.05) is 55.5 Å². The lowest BCUT2D eigenvalue weighted by Crippen LogP contribution is -2.48. The number of benzene rings is 3. The third-order valence-corrected chi connectivity index (χ3v) is 6.25. The van der Waals surface area contributed by atoms with Gasteiger partial charge in [0.05, 0.1) is 29.5 Å². The molecule has 4 rings (SSSR count). The predicted octanol–water partition coefficient (Wildman–Crippen LogP) is 6.41. The van der Waals surface area contributed by atoms with E-state index in [1.54, 1.807) is 55.5 Å². The first-order valence-electron chi connectivity index (χ1n) is 12.8. The highest BCUT2D eigenvalue weighted by atomic mass is 19.4. The van der Waals surface area contributed by atoms with E-state index >= 15 is 0 Å². The normalized spacial score (nSPS) is 15.5. The van der Waals surface area contributed by atoms with Crippen LogP contribution in [0.4, 0.5) is 23.7 Å². The zero-order valence-corrected chi connectivity index (χ0v) is 21.9. The zero-order valence-electron chi connectivity index (χ0n) is 21.9. The van der Waals surface area contributed by atoms with Crippen LogP contribution in [-0.4, -0.2) is 36.0 Å². The fourth-order valence-electron chi connectivity index (χ4n) is 4.51. The maximum atomic E-state index is 13.4. The Morgan fingerprint density at radius 1 is 0.975 bits per heavy atom. The molecular formula is C30H28F3N3O4. The number of ether oxygens (including phenoxy) is 1. The molecule has 1 aliphatic heterocycles. The average Bonchev–Trinajstić information content (AvgIpc) is 2.94. The molecule has 1 heterocycles. The minimum atomic E-state index is -4.59. The first-order chi connectivity index (χ1) is 19.1. The highest BCUT2D eigenvalue weighted by Crippen LogP contribution is 2.37. The molecule has 2 N–H and O–H groups in total. The third-order valence-electron chi connectivity index (χ3n) is 6.25. The van der Waals surface area contributed by atoms with E-state index in [0.717, 1.165) is 18.2 Å². The molecule has 0 saturated carbocycles. The van der Waals surface area contributed by atoms with Gasteiger partial charge < -0.3 is 15.4 Å². The Kier molecular flexibility index (Phi) is 8.57. The van der Waals surface area contributed by atoms with E-state index in [-0.39, 0.29) is 23.4 Å². The summed E-state index contributed by atoms with van der Waals surface area (Å²) in [5.74, 6) is -1.35. The minimum Gasteiger partial charge on any atom is -0.463 e. The van der Waals surface area contributed by atoms with Crippen molar-refractivity contribution in [1.29, 1.82) is 0 Å². The van der Waals surface area contributed by atoms with Crippen LogP contribution in [0.2, 0.25) is 0 Å². The van der Waals surface area contributed by atoms with Crippen molar-refractivity contribution in [3.05, 3.63) is 107 Å². The molecule has 0 radical (unpaired) electrons. The van der Waals surface area contributed by atoms with E-state index < -0.39 is 35.7 Å². The molecule has 0 bridgehead atoms. The van der Waals surface area contributed by atoms with E-state index in [4.69, 9.17) is 4.74 Å². The van der Waals surface area contributed by atoms with E-state index in [0.29, 0.717) is 29.8 Å². The summed E-state index contributed by atoms with van der Waals surface area (Å²) >= 11 is 0. The van der Waals surface area contributed by atoms with Crippen LogP contribution in [0, 0.1) is 0 Å². The van der Waals surface area contributed by atoms with Crippen molar-refractivity contribution in [3.63, 3.8) is 0 Å². The van der Waals surface area contributed by atoms with Gasteiger partial charge in [-0.05, 0) is 54.8 Å². The molecule has 0 fully saturated rings. The van der Waals surface area contributed by atoms with Crippen LogP contribution in [0.1, 0.15) is 53.4 Å².